The summed E-state index contributed by atoms with van der Waals surface area (Å²) in [6.45, 7) is 0.124. The lowest BCUT2D eigenvalue weighted by atomic mass is 10.1. The van der Waals surface area contributed by atoms with Gasteiger partial charge in [-0.1, -0.05) is 6.07 Å². The molecule has 0 aliphatic carbocycles. The van der Waals surface area contributed by atoms with Crippen LogP contribution in [0.4, 0.5) is 11.4 Å². The van der Waals surface area contributed by atoms with Gasteiger partial charge in [0.2, 0.25) is 5.88 Å². The number of non-ortho nitro benzene ring substituents is 2. The molecule has 2 aromatic heterocycles. The van der Waals surface area contributed by atoms with Gasteiger partial charge in [0.15, 0.2) is 0 Å². The molecular formula is C17H13N5O6S. The minimum absolute atomic E-state index is 0.0592. The Kier molecular flexibility index (Phi) is 6.04. The molecule has 0 saturated heterocycles. The molecule has 1 aromatic carbocycles. The summed E-state index contributed by atoms with van der Waals surface area (Å²) < 4.78 is 5.39. The Morgan fingerprint density at radius 1 is 1.07 bits per heavy atom. The molecule has 11 nitrogen and oxygen atoms in total. The maximum Gasteiger partial charge on any atom is 0.277 e. The number of amides is 1. The average molecular weight is 415 g/mol. The smallest absolute Gasteiger partial charge is 0.277 e. The highest BCUT2D eigenvalue weighted by molar-refractivity contribution is 7.13. The summed E-state index contributed by atoms with van der Waals surface area (Å²) >= 11 is 1.53. The number of thiophene rings is 1. The molecule has 3 aromatic rings. The van der Waals surface area contributed by atoms with Crippen LogP contribution in [0.25, 0.3) is 10.6 Å². The Labute approximate surface area is 167 Å². The Hall–Kier alpha value is -3.93. The highest BCUT2D eigenvalue weighted by Gasteiger charge is 2.19. The summed E-state index contributed by atoms with van der Waals surface area (Å²) in [6.07, 6.45) is 0. The van der Waals surface area contributed by atoms with Gasteiger partial charge < -0.3 is 10.1 Å². The number of aromatic nitrogens is 2. The molecule has 0 fully saturated rings. The predicted molar refractivity (Wildman–Crippen MR) is 103 cm³/mol. The summed E-state index contributed by atoms with van der Waals surface area (Å²) in [5, 5.41) is 34.2. The normalized spacial score (nSPS) is 10.3. The minimum atomic E-state index is -0.800. The van der Waals surface area contributed by atoms with E-state index in [4.69, 9.17) is 4.74 Å². The number of carbonyl (C=O) groups excluding carboxylic acids is 1. The van der Waals surface area contributed by atoms with E-state index in [-0.39, 0.29) is 24.6 Å². The van der Waals surface area contributed by atoms with E-state index < -0.39 is 27.1 Å². The predicted octanol–water partition coefficient (Wildman–Crippen LogP) is 2.83. The van der Waals surface area contributed by atoms with Crippen molar-refractivity contribution in [3.63, 3.8) is 0 Å². The molecule has 0 saturated carbocycles. The molecule has 29 heavy (non-hydrogen) atoms. The molecule has 148 valence electrons. The third-order valence-electron chi connectivity index (χ3n) is 3.64. The minimum Gasteiger partial charge on any atom is -0.475 e. The monoisotopic (exact) mass is 415 g/mol. The Balaban J connectivity index is 1.55. The average Bonchev–Trinajstić information content (AvgIpc) is 3.26. The van der Waals surface area contributed by atoms with Crippen LogP contribution in [0, 0.1) is 20.2 Å². The molecule has 0 unspecified atom stereocenters. The van der Waals surface area contributed by atoms with E-state index in [1.807, 2.05) is 17.5 Å². The Morgan fingerprint density at radius 2 is 1.79 bits per heavy atom. The molecule has 3 rings (SSSR count). The lowest BCUT2D eigenvalue weighted by Gasteiger charge is -2.07. The second-order valence-corrected chi connectivity index (χ2v) is 6.54. The van der Waals surface area contributed by atoms with Gasteiger partial charge in [-0.15, -0.1) is 21.5 Å². The summed E-state index contributed by atoms with van der Waals surface area (Å²) in [5.74, 6) is -0.426. The molecule has 0 bridgehead atoms. The zero-order chi connectivity index (χ0) is 20.8. The number of nitro groups is 2. The van der Waals surface area contributed by atoms with Crippen LogP contribution in [0.5, 0.6) is 5.88 Å². The summed E-state index contributed by atoms with van der Waals surface area (Å²) in [5.41, 5.74) is -0.553. The third kappa shape index (κ3) is 5.07. The summed E-state index contributed by atoms with van der Waals surface area (Å²) in [6, 6.07) is 9.96. The van der Waals surface area contributed by atoms with Crippen LogP contribution >= 0.6 is 11.3 Å². The first-order valence-corrected chi connectivity index (χ1v) is 9.04. The maximum atomic E-state index is 12.1. The van der Waals surface area contributed by atoms with Gasteiger partial charge in [-0.05, 0) is 17.5 Å². The van der Waals surface area contributed by atoms with Crippen molar-refractivity contribution in [2.75, 3.05) is 13.2 Å². The van der Waals surface area contributed by atoms with Crippen molar-refractivity contribution in [2.24, 2.45) is 0 Å². The quantitative estimate of drug-likeness (QED) is 0.335. The molecule has 0 aliphatic heterocycles. The summed E-state index contributed by atoms with van der Waals surface area (Å²) in [4.78, 5) is 33.3. The van der Waals surface area contributed by atoms with Crippen LogP contribution in [-0.2, 0) is 0 Å². The molecule has 0 spiro atoms. The van der Waals surface area contributed by atoms with E-state index in [2.05, 4.69) is 15.5 Å². The molecule has 1 amide bonds. The van der Waals surface area contributed by atoms with Gasteiger partial charge in [0.05, 0.1) is 32.9 Å². The standard InChI is InChI=1S/C17H13N5O6S/c23-17(11-8-12(21(24)25)10-13(9-11)22(26)27)18-5-6-28-16-4-3-14(19-20-16)15-2-1-7-29-15/h1-4,7-10H,5-6H2,(H,18,23). The second-order valence-electron chi connectivity index (χ2n) is 5.59. The zero-order valence-corrected chi connectivity index (χ0v) is 15.5. The van der Waals surface area contributed by atoms with E-state index in [1.165, 1.54) is 11.3 Å². The van der Waals surface area contributed by atoms with E-state index in [0.29, 0.717) is 5.69 Å². The topological polar surface area (TPSA) is 150 Å². The first-order valence-electron chi connectivity index (χ1n) is 8.16. The van der Waals surface area contributed by atoms with E-state index in [0.717, 1.165) is 23.1 Å². The number of hydrogen-bond acceptors (Lipinski definition) is 9. The zero-order valence-electron chi connectivity index (χ0n) is 14.7. The van der Waals surface area contributed by atoms with Crippen molar-refractivity contribution in [2.45, 2.75) is 0 Å². The first-order chi connectivity index (χ1) is 13.9. The van der Waals surface area contributed by atoms with Gasteiger partial charge in [-0.25, -0.2) is 0 Å². The van der Waals surface area contributed by atoms with Gasteiger partial charge in [0.1, 0.15) is 12.3 Å². The van der Waals surface area contributed by atoms with Crippen LogP contribution < -0.4 is 10.1 Å². The summed E-state index contributed by atoms with van der Waals surface area (Å²) in [7, 11) is 0. The third-order valence-corrected chi connectivity index (χ3v) is 4.53. The van der Waals surface area contributed by atoms with Crippen LogP contribution in [0.15, 0.2) is 47.8 Å². The highest BCUT2D eigenvalue weighted by Crippen LogP contribution is 2.23. The van der Waals surface area contributed by atoms with Gasteiger partial charge >= 0.3 is 0 Å². The fourth-order valence-corrected chi connectivity index (χ4v) is 3.00. The highest BCUT2D eigenvalue weighted by atomic mass is 32.1. The van der Waals surface area contributed by atoms with E-state index in [9.17, 15) is 25.0 Å². The fraction of sp³-hybridized carbons (Fsp3) is 0.118. The van der Waals surface area contributed by atoms with Crippen LogP contribution in [0.3, 0.4) is 0 Å². The lowest BCUT2D eigenvalue weighted by Crippen LogP contribution is -2.28. The van der Waals surface area contributed by atoms with Crippen molar-refractivity contribution in [3.05, 3.63) is 73.6 Å². The van der Waals surface area contributed by atoms with Crippen LogP contribution in [-0.4, -0.2) is 39.1 Å². The number of nitro benzene ring substituents is 2. The van der Waals surface area contributed by atoms with E-state index in [1.54, 1.807) is 12.1 Å². The number of carbonyl (C=O) groups is 1. The van der Waals surface area contributed by atoms with Crippen molar-refractivity contribution in [1.29, 1.82) is 0 Å². The van der Waals surface area contributed by atoms with Gasteiger partial charge in [-0.2, -0.15) is 0 Å². The second kappa shape index (κ2) is 8.84. The molecule has 12 heteroatoms. The lowest BCUT2D eigenvalue weighted by molar-refractivity contribution is -0.394. The molecule has 0 atom stereocenters. The number of ether oxygens (including phenoxy) is 1. The molecule has 2 heterocycles. The van der Waals surface area contributed by atoms with Crippen molar-refractivity contribution in [3.8, 4) is 16.5 Å². The van der Waals surface area contributed by atoms with Crippen molar-refractivity contribution >= 4 is 28.6 Å². The van der Waals surface area contributed by atoms with Crippen LogP contribution in [0.1, 0.15) is 10.4 Å². The number of rotatable bonds is 8. The van der Waals surface area contributed by atoms with E-state index >= 15 is 0 Å². The SMILES string of the molecule is O=C(NCCOc1ccc(-c2cccs2)nn1)c1cc([N+](=O)[O-])cc([N+](=O)[O-])c1. The number of benzene rings is 1. The number of nitrogens with zero attached hydrogens (tertiary/aromatic N) is 4. The number of hydrogen-bond donors (Lipinski definition) is 1. The van der Waals surface area contributed by atoms with Crippen molar-refractivity contribution < 1.29 is 19.4 Å². The van der Waals surface area contributed by atoms with Gasteiger partial charge in [0, 0.05) is 18.2 Å². The van der Waals surface area contributed by atoms with Gasteiger partial charge in [0.25, 0.3) is 17.3 Å². The molecule has 1 N–H and O–H groups in total. The molecule has 0 radical (unpaired) electrons. The Morgan fingerprint density at radius 3 is 2.34 bits per heavy atom. The Bertz CT molecular complexity index is 1010. The maximum absolute atomic E-state index is 12.1. The van der Waals surface area contributed by atoms with Crippen molar-refractivity contribution in [1.82, 2.24) is 15.5 Å². The first kappa shape index (κ1) is 19.8. The molecular weight excluding hydrogens is 402 g/mol. The van der Waals surface area contributed by atoms with Gasteiger partial charge in [-0.3, -0.25) is 25.0 Å². The number of nitrogens with one attached hydrogen (secondary N) is 1. The fourth-order valence-electron chi connectivity index (χ4n) is 2.31. The largest absolute Gasteiger partial charge is 0.475 e. The van der Waals surface area contributed by atoms with Crippen LogP contribution in [0.2, 0.25) is 0 Å². The molecule has 0 aliphatic rings.